The second-order valence-corrected chi connectivity index (χ2v) is 8.07. The molecule has 9 heteroatoms. The Kier molecular flexibility index (Phi) is 5.80. The van der Waals surface area contributed by atoms with Crippen LogP contribution in [0.5, 0.6) is 0 Å². The monoisotopic (exact) mass is 419 g/mol. The van der Waals surface area contributed by atoms with E-state index in [1.165, 1.54) is 31.4 Å². The number of carbonyl (C=O) groups is 2. The first-order valence-corrected chi connectivity index (χ1v) is 10.1. The fourth-order valence-corrected chi connectivity index (χ4v) is 4.09. The number of carbonyl (C=O) groups excluding carboxylic acids is 1. The minimum atomic E-state index is -0.951. The summed E-state index contributed by atoms with van der Waals surface area (Å²) >= 11 is 0. The van der Waals surface area contributed by atoms with Crippen LogP contribution in [0.15, 0.2) is 28.8 Å². The van der Waals surface area contributed by atoms with E-state index in [1.54, 1.807) is 0 Å². The maximum atomic E-state index is 13.9. The van der Waals surface area contributed by atoms with Gasteiger partial charge in [-0.25, -0.2) is 8.78 Å². The van der Waals surface area contributed by atoms with E-state index in [2.05, 4.69) is 15.4 Å². The van der Waals surface area contributed by atoms with Gasteiger partial charge in [0.1, 0.15) is 11.6 Å². The van der Waals surface area contributed by atoms with Crippen molar-refractivity contribution in [3.05, 3.63) is 41.6 Å². The van der Waals surface area contributed by atoms with Crippen LogP contribution in [0.4, 0.5) is 8.78 Å². The summed E-state index contributed by atoms with van der Waals surface area (Å²) in [6.45, 7) is 2.01. The zero-order valence-corrected chi connectivity index (χ0v) is 16.3. The smallest absolute Gasteiger partial charge is 0.309 e. The number of amides is 1. The summed E-state index contributed by atoms with van der Waals surface area (Å²) in [5, 5.41) is 16.0. The number of hydrogen-bond acceptors (Lipinski definition) is 5. The van der Waals surface area contributed by atoms with Gasteiger partial charge < -0.3 is 19.8 Å². The topological polar surface area (TPSA) is 95.7 Å². The highest BCUT2D eigenvalue weighted by Crippen LogP contribution is 2.29. The normalized spacial score (nSPS) is 22.5. The van der Waals surface area contributed by atoms with Crippen LogP contribution in [0, 0.1) is 23.5 Å². The van der Waals surface area contributed by atoms with E-state index in [1.807, 2.05) is 0 Å². The van der Waals surface area contributed by atoms with E-state index >= 15 is 0 Å². The second-order valence-electron chi connectivity index (χ2n) is 8.07. The minimum Gasteiger partial charge on any atom is -0.481 e. The van der Waals surface area contributed by atoms with E-state index in [0.29, 0.717) is 24.9 Å². The lowest BCUT2D eigenvalue weighted by Gasteiger charge is -2.40. The first-order chi connectivity index (χ1) is 14.4. The van der Waals surface area contributed by atoms with Crippen molar-refractivity contribution in [2.45, 2.75) is 31.7 Å². The van der Waals surface area contributed by atoms with Crippen molar-refractivity contribution in [2.75, 3.05) is 19.6 Å². The maximum absolute atomic E-state index is 13.9. The molecule has 160 valence electrons. The Balaban J connectivity index is 1.41. The molecule has 1 aromatic heterocycles. The van der Waals surface area contributed by atoms with Crippen molar-refractivity contribution in [1.82, 2.24) is 15.4 Å². The summed E-state index contributed by atoms with van der Waals surface area (Å²) in [4.78, 5) is 26.5. The summed E-state index contributed by atoms with van der Waals surface area (Å²) in [5.41, 5.74) is -0.106. The fourth-order valence-electron chi connectivity index (χ4n) is 4.09. The zero-order chi connectivity index (χ0) is 21.3. The molecule has 1 aliphatic heterocycles. The minimum absolute atomic E-state index is 0.0113. The van der Waals surface area contributed by atoms with Gasteiger partial charge in [0.25, 0.3) is 5.91 Å². The number of nitrogens with zero attached hydrogens (tertiary/aromatic N) is 2. The van der Waals surface area contributed by atoms with Crippen molar-refractivity contribution in [1.29, 1.82) is 0 Å². The molecule has 2 aliphatic rings. The highest BCUT2D eigenvalue weighted by molar-refractivity contribution is 5.93. The van der Waals surface area contributed by atoms with E-state index in [-0.39, 0.29) is 17.0 Å². The molecule has 0 bridgehead atoms. The third-order valence-corrected chi connectivity index (χ3v) is 6.01. The molecule has 4 rings (SSSR count). The van der Waals surface area contributed by atoms with E-state index in [4.69, 9.17) is 4.52 Å². The van der Waals surface area contributed by atoms with Crippen LogP contribution in [0.1, 0.15) is 36.2 Å². The Morgan fingerprint density at radius 2 is 2.03 bits per heavy atom. The molecule has 7 nitrogen and oxygen atoms in total. The van der Waals surface area contributed by atoms with Crippen LogP contribution < -0.4 is 5.32 Å². The zero-order valence-electron chi connectivity index (χ0n) is 16.3. The molecule has 0 radical (unpaired) electrons. The van der Waals surface area contributed by atoms with Crippen LogP contribution in [-0.2, 0) is 4.79 Å². The van der Waals surface area contributed by atoms with Crippen molar-refractivity contribution >= 4 is 11.9 Å². The van der Waals surface area contributed by atoms with Gasteiger partial charge >= 0.3 is 5.97 Å². The molecule has 1 amide bonds. The molecule has 1 saturated heterocycles. The Morgan fingerprint density at radius 1 is 1.23 bits per heavy atom. The molecule has 0 unspecified atom stereocenters. The van der Waals surface area contributed by atoms with Crippen LogP contribution in [-0.4, -0.2) is 52.7 Å². The number of halogens is 2. The standard InChI is InChI=1S/C21H23F2N3O4/c22-13-4-5-14(16(23)8-13)19-9-18(25-30-19)20(27)24-17-6-7-26(10-12-2-1-3-12)11-15(17)21(28)29/h4-5,8-9,12,15,17H,1-3,6-7,10-11H2,(H,24,27)(H,28,29)/t15-,17-/m1/s1. The molecule has 2 aromatic rings. The van der Waals surface area contributed by atoms with E-state index < -0.39 is 35.5 Å². The second kappa shape index (κ2) is 8.51. The van der Waals surface area contributed by atoms with Gasteiger partial charge in [-0.05, 0) is 37.3 Å². The molecule has 2 atom stereocenters. The molecular formula is C21H23F2N3O4. The van der Waals surface area contributed by atoms with Gasteiger partial charge in [0, 0.05) is 37.8 Å². The molecule has 30 heavy (non-hydrogen) atoms. The summed E-state index contributed by atoms with van der Waals surface area (Å²) in [7, 11) is 0. The molecule has 2 heterocycles. The molecule has 1 aromatic carbocycles. The third kappa shape index (κ3) is 4.35. The number of carboxylic acids is 1. The number of carboxylic acid groups (broad SMARTS) is 1. The van der Waals surface area contributed by atoms with Gasteiger partial charge in [-0.1, -0.05) is 11.6 Å². The average molecular weight is 419 g/mol. The third-order valence-electron chi connectivity index (χ3n) is 6.01. The first kappa shape index (κ1) is 20.5. The molecule has 1 saturated carbocycles. The number of benzene rings is 1. The molecule has 0 spiro atoms. The molecular weight excluding hydrogens is 396 g/mol. The lowest BCUT2D eigenvalue weighted by Crippen LogP contribution is -2.54. The number of likely N-dealkylation sites (tertiary alicyclic amines) is 1. The van der Waals surface area contributed by atoms with Gasteiger partial charge in [-0.2, -0.15) is 0 Å². The molecule has 2 fully saturated rings. The predicted molar refractivity (Wildman–Crippen MR) is 103 cm³/mol. The van der Waals surface area contributed by atoms with E-state index in [9.17, 15) is 23.5 Å². The van der Waals surface area contributed by atoms with Crippen LogP contribution in [0.2, 0.25) is 0 Å². The first-order valence-electron chi connectivity index (χ1n) is 10.1. The Hall–Kier alpha value is -2.81. The Bertz CT molecular complexity index is 944. The fraction of sp³-hybridized carbons (Fsp3) is 0.476. The lowest BCUT2D eigenvalue weighted by molar-refractivity contribution is -0.144. The van der Waals surface area contributed by atoms with E-state index in [0.717, 1.165) is 19.2 Å². The van der Waals surface area contributed by atoms with Gasteiger partial charge in [0.15, 0.2) is 11.5 Å². The number of hydrogen-bond donors (Lipinski definition) is 2. The SMILES string of the molecule is O=C(N[C@@H]1CCN(CC2CCC2)C[C@H]1C(=O)O)c1cc(-c2ccc(F)cc2F)on1. The van der Waals surface area contributed by atoms with Crippen molar-refractivity contribution in [3.63, 3.8) is 0 Å². The van der Waals surface area contributed by atoms with Gasteiger partial charge in [-0.15, -0.1) is 0 Å². The van der Waals surface area contributed by atoms with Crippen LogP contribution in [0.3, 0.4) is 0 Å². The largest absolute Gasteiger partial charge is 0.481 e. The molecule has 2 N–H and O–H groups in total. The molecule has 1 aliphatic carbocycles. The lowest BCUT2D eigenvalue weighted by atomic mass is 9.83. The van der Waals surface area contributed by atoms with Crippen LogP contribution >= 0.6 is 0 Å². The number of piperidine rings is 1. The maximum Gasteiger partial charge on any atom is 0.309 e. The summed E-state index contributed by atoms with van der Waals surface area (Å²) in [6.07, 6.45) is 4.14. The highest BCUT2D eigenvalue weighted by atomic mass is 19.1. The number of rotatable bonds is 6. The quantitative estimate of drug-likeness (QED) is 0.748. The van der Waals surface area contributed by atoms with Crippen molar-refractivity contribution < 1.29 is 28.0 Å². The number of aromatic nitrogens is 1. The average Bonchev–Trinajstić information content (AvgIpc) is 3.15. The van der Waals surface area contributed by atoms with Crippen molar-refractivity contribution in [2.24, 2.45) is 11.8 Å². The Morgan fingerprint density at radius 3 is 2.70 bits per heavy atom. The summed E-state index contributed by atoms with van der Waals surface area (Å²) in [6, 6.07) is 3.72. The van der Waals surface area contributed by atoms with Gasteiger partial charge in [0.2, 0.25) is 0 Å². The van der Waals surface area contributed by atoms with Gasteiger partial charge in [0.05, 0.1) is 11.5 Å². The van der Waals surface area contributed by atoms with Crippen LogP contribution in [0.25, 0.3) is 11.3 Å². The Labute approximate surface area is 172 Å². The number of aliphatic carboxylic acids is 1. The van der Waals surface area contributed by atoms with Gasteiger partial charge in [-0.3, -0.25) is 9.59 Å². The highest BCUT2D eigenvalue weighted by Gasteiger charge is 2.37. The summed E-state index contributed by atoms with van der Waals surface area (Å²) < 4.78 is 32.0. The van der Waals surface area contributed by atoms with Crippen molar-refractivity contribution in [3.8, 4) is 11.3 Å². The predicted octanol–water partition coefficient (Wildman–Crippen LogP) is 2.92. The number of nitrogens with one attached hydrogen (secondary N) is 1. The summed E-state index contributed by atoms with van der Waals surface area (Å²) in [5.74, 6) is -3.18.